The van der Waals surface area contributed by atoms with E-state index in [4.69, 9.17) is 9.47 Å². The van der Waals surface area contributed by atoms with Crippen LogP contribution in [0.2, 0.25) is 0 Å². The number of nitrogens with one attached hydrogen (secondary N) is 3. The van der Waals surface area contributed by atoms with Crippen molar-refractivity contribution in [3.05, 3.63) is 82.1 Å². The molecule has 1 aromatic heterocycles. The van der Waals surface area contributed by atoms with Crippen molar-refractivity contribution in [1.29, 1.82) is 0 Å². The highest BCUT2D eigenvalue weighted by molar-refractivity contribution is 5.95. The number of hydrogen-bond acceptors (Lipinski definition) is 7. The van der Waals surface area contributed by atoms with Crippen LogP contribution in [0.1, 0.15) is 50.0 Å². The fourth-order valence-corrected chi connectivity index (χ4v) is 3.64. The van der Waals surface area contributed by atoms with Gasteiger partial charge in [0.25, 0.3) is 11.5 Å². The Balaban J connectivity index is 1.62. The van der Waals surface area contributed by atoms with Crippen LogP contribution in [0.3, 0.4) is 0 Å². The van der Waals surface area contributed by atoms with Crippen molar-refractivity contribution < 1.29 is 23.9 Å². The van der Waals surface area contributed by atoms with Crippen molar-refractivity contribution in [3.8, 4) is 11.3 Å². The molecule has 0 aliphatic heterocycles. The molecule has 0 spiro atoms. The Morgan fingerprint density at radius 3 is 2.42 bits per heavy atom. The van der Waals surface area contributed by atoms with E-state index in [9.17, 15) is 19.2 Å². The number of ether oxygens (including phenoxy) is 2. The average Bonchev–Trinajstić information content (AvgIpc) is 2.89. The van der Waals surface area contributed by atoms with E-state index >= 15 is 0 Å². The molecule has 0 unspecified atom stereocenters. The van der Waals surface area contributed by atoms with Gasteiger partial charge in [-0.1, -0.05) is 24.3 Å². The summed E-state index contributed by atoms with van der Waals surface area (Å²) in [6.45, 7) is 8.26. The molecule has 3 rings (SSSR count). The van der Waals surface area contributed by atoms with E-state index in [-0.39, 0.29) is 24.6 Å². The van der Waals surface area contributed by atoms with Crippen molar-refractivity contribution in [2.45, 2.75) is 46.3 Å². The summed E-state index contributed by atoms with van der Waals surface area (Å²) >= 11 is 0. The van der Waals surface area contributed by atoms with Gasteiger partial charge in [0.05, 0.1) is 18.8 Å². The number of carbonyl (C=O) groups is 3. The Labute approximate surface area is 232 Å². The van der Waals surface area contributed by atoms with Crippen LogP contribution in [0.4, 0.5) is 15.3 Å². The molecule has 11 nitrogen and oxygen atoms in total. The third-order valence-electron chi connectivity index (χ3n) is 5.38. The monoisotopic (exact) mass is 549 g/mol. The van der Waals surface area contributed by atoms with E-state index in [1.54, 1.807) is 70.2 Å². The number of hydrogen-bond donors (Lipinski definition) is 3. The third kappa shape index (κ3) is 9.57. The maximum absolute atomic E-state index is 12.7. The number of alkyl carbamates (subject to hydrolysis) is 1. The molecular formula is C29H35N5O6. The van der Waals surface area contributed by atoms with Crippen molar-refractivity contribution >= 4 is 23.8 Å². The fraction of sp³-hybridized carbons (Fsp3) is 0.345. The Kier molecular flexibility index (Phi) is 10.4. The summed E-state index contributed by atoms with van der Waals surface area (Å²) in [5.41, 5.74) is 2.08. The number of anilines is 1. The van der Waals surface area contributed by atoms with Crippen LogP contribution in [-0.2, 0) is 16.0 Å². The predicted octanol–water partition coefficient (Wildman–Crippen LogP) is 4.17. The Morgan fingerprint density at radius 2 is 1.68 bits per heavy atom. The first-order valence-electron chi connectivity index (χ1n) is 13.0. The first-order chi connectivity index (χ1) is 19.0. The topological polar surface area (TPSA) is 141 Å². The summed E-state index contributed by atoms with van der Waals surface area (Å²) in [5.74, 6) is -0.265. The normalized spacial score (nSPS) is 10.9. The van der Waals surface area contributed by atoms with Crippen LogP contribution in [0.15, 0.2) is 65.5 Å². The van der Waals surface area contributed by atoms with Crippen molar-refractivity contribution in [3.63, 3.8) is 0 Å². The second-order valence-corrected chi connectivity index (χ2v) is 9.88. The molecule has 3 amide bonds. The molecule has 0 aliphatic carbocycles. The van der Waals surface area contributed by atoms with Gasteiger partial charge >= 0.3 is 12.2 Å². The second kappa shape index (κ2) is 13.9. The molecule has 2 aromatic carbocycles. The molecule has 0 radical (unpaired) electrons. The quantitative estimate of drug-likeness (QED) is 0.322. The van der Waals surface area contributed by atoms with Gasteiger partial charge in [0.15, 0.2) is 0 Å². The lowest BCUT2D eigenvalue weighted by Crippen LogP contribution is -2.34. The molecule has 0 aliphatic rings. The highest BCUT2D eigenvalue weighted by Gasteiger charge is 2.15. The number of rotatable bonds is 10. The SMILES string of the molecule is CCOC(=O)Nc1cccc(Cn2nc(-c3cccc(C(=O)NCCCNC(=O)OC(C)(C)C)c3)ccc2=O)c1. The molecule has 0 fully saturated rings. The molecule has 11 heteroatoms. The smallest absolute Gasteiger partial charge is 0.411 e. The highest BCUT2D eigenvalue weighted by atomic mass is 16.6. The molecule has 0 atom stereocenters. The van der Waals surface area contributed by atoms with Crippen LogP contribution < -0.4 is 21.5 Å². The summed E-state index contributed by atoms with van der Waals surface area (Å²) in [6.07, 6.45) is -0.520. The van der Waals surface area contributed by atoms with E-state index in [2.05, 4.69) is 21.0 Å². The molecule has 212 valence electrons. The lowest BCUT2D eigenvalue weighted by molar-refractivity contribution is 0.0527. The maximum Gasteiger partial charge on any atom is 0.411 e. The van der Waals surface area contributed by atoms with Gasteiger partial charge in [-0.3, -0.25) is 14.9 Å². The minimum Gasteiger partial charge on any atom is -0.450 e. The van der Waals surface area contributed by atoms with Crippen molar-refractivity contribution in [2.24, 2.45) is 0 Å². The number of amides is 3. The van der Waals surface area contributed by atoms with Gasteiger partial charge in [0, 0.05) is 36.0 Å². The predicted molar refractivity (Wildman–Crippen MR) is 151 cm³/mol. The zero-order chi connectivity index (χ0) is 29.1. The number of carbonyl (C=O) groups excluding carboxylic acids is 3. The van der Waals surface area contributed by atoms with Crippen LogP contribution in [-0.4, -0.2) is 53.2 Å². The second-order valence-electron chi connectivity index (χ2n) is 9.88. The Morgan fingerprint density at radius 1 is 0.925 bits per heavy atom. The van der Waals surface area contributed by atoms with Crippen molar-refractivity contribution in [2.75, 3.05) is 25.0 Å². The molecule has 40 heavy (non-hydrogen) atoms. The zero-order valence-electron chi connectivity index (χ0n) is 23.2. The molecule has 0 bridgehead atoms. The van der Waals surface area contributed by atoms with Crippen LogP contribution in [0, 0.1) is 0 Å². The molecule has 1 heterocycles. The fourth-order valence-electron chi connectivity index (χ4n) is 3.64. The van der Waals surface area contributed by atoms with E-state index in [0.29, 0.717) is 42.0 Å². The Bertz CT molecular complexity index is 1400. The average molecular weight is 550 g/mol. The third-order valence-corrected chi connectivity index (χ3v) is 5.38. The van der Waals surface area contributed by atoms with Gasteiger partial charge in [-0.2, -0.15) is 5.10 Å². The van der Waals surface area contributed by atoms with Gasteiger partial charge in [-0.25, -0.2) is 14.3 Å². The van der Waals surface area contributed by atoms with Crippen LogP contribution in [0.25, 0.3) is 11.3 Å². The summed E-state index contributed by atoms with van der Waals surface area (Å²) in [4.78, 5) is 48.6. The molecular weight excluding hydrogens is 514 g/mol. The van der Waals surface area contributed by atoms with Crippen LogP contribution >= 0.6 is 0 Å². The minimum atomic E-state index is -0.570. The minimum absolute atomic E-state index is 0.183. The first kappa shape index (κ1) is 29.9. The van der Waals surface area contributed by atoms with Crippen LogP contribution in [0.5, 0.6) is 0 Å². The lowest BCUT2D eigenvalue weighted by atomic mass is 10.1. The van der Waals surface area contributed by atoms with Gasteiger partial charge in [0.2, 0.25) is 0 Å². The summed E-state index contributed by atoms with van der Waals surface area (Å²) in [7, 11) is 0. The summed E-state index contributed by atoms with van der Waals surface area (Å²) in [5, 5.41) is 12.6. The number of benzene rings is 2. The summed E-state index contributed by atoms with van der Waals surface area (Å²) < 4.78 is 11.4. The van der Waals surface area contributed by atoms with E-state index in [0.717, 1.165) is 5.56 Å². The zero-order valence-corrected chi connectivity index (χ0v) is 23.2. The molecule has 0 saturated heterocycles. The summed E-state index contributed by atoms with van der Waals surface area (Å²) in [6, 6.07) is 17.0. The van der Waals surface area contributed by atoms with E-state index in [1.807, 2.05) is 12.1 Å². The number of aromatic nitrogens is 2. The van der Waals surface area contributed by atoms with Gasteiger partial charge in [-0.05, 0) is 70.0 Å². The molecule has 0 saturated carbocycles. The van der Waals surface area contributed by atoms with E-state index in [1.165, 1.54) is 10.7 Å². The number of nitrogens with zero attached hydrogens (tertiary/aromatic N) is 2. The van der Waals surface area contributed by atoms with Gasteiger partial charge in [0.1, 0.15) is 5.60 Å². The van der Waals surface area contributed by atoms with Crippen molar-refractivity contribution in [1.82, 2.24) is 20.4 Å². The first-order valence-corrected chi connectivity index (χ1v) is 13.0. The van der Waals surface area contributed by atoms with Gasteiger partial charge < -0.3 is 20.1 Å². The maximum atomic E-state index is 12.7. The molecule has 3 aromatic rings. The largest absolute Gasteiger partial charge is 0.450 e. The Hall–Kier alpha value is -4.67. The van der Waals surface area contributed by atoms with E-state index < -0.39 is 17.8 Å². The lowest BCUT2D eigenvalue weighted by Gasteiger charge is -2.19. The standard InChI is InChI=1S/C29H35N5O6/c1-5-39-28(38)32-23-12-6-9-20(17-23)19-34-25(35)14-13-24(33-34)21-10-7-11-22(18-21)26(36)30-15-8-16-31-27(37)40-29(2,3)4/h6-7,9-14,17-18H,5,8,15-16,19H2,1-4H3,(H,30,36)(H,31,37)(H,32,38). The molecule has 3 N–H and O–H groups in total. The highest BCUT2D eigenvalue weighted by Crippen LogP contribution is 2.18. The van der Waals surface area contributed by atoms with Gasteiger partial charge in [-0.15, -0.1) is 0 Å².